The number of likely N-dealkylation sites (tertiary alicyclic amines) is 1. The number of alkyl halides is 3. The van der Waals surface area contributed by atoms with Gasteiger partial charge in [-0.25, -0.2) is 0 Å². The number of halogens is 4. The van der Waals surface area contributed by atoms with Crippen LogP contribution in [0.4, 0.5) is 18.9 Å². The van der Waals surface area contributed by atoms with Crippen LogP contribution in [0.25, 0.3) is 0 Å². The molecule has 3 N–H and O–H groups in total. The minimum atomic E-state index is -4.56. The fraction of sp³-hybridized carbons (Fsp3) is 0.533. The van der Waals surface area contributed by atoms with Crippen LogP contribution in [0.5, 0.6) is 0 Å². The SMILES string of the molecule is CC1(CN)CCN(CC(=O)Nc2ccc(Cl)c(C(F)(F)F)c2)C1. The molecule has 128 valence electrons. The fourth-order valence-electron chi connectivity index (χ4n) is 2.65. The first-order valence-electron chi connectivity index (χ1n) is 7.22. The van der Waals surface area contributed by atoms with E-state index in [0.29, 0.717) is 13.1 Å². The van der Waals surface area contributed by atoms with Crippen molar-refractivity contribution in [2.75, 3.05) is 31.5 Å². The van der Waals surface area contributed by atoms with Crippen LogP contribution >= 0.6 is 11.6 Å². The van der Waals surface area contributed by atoms with Crippen LogP contribution in [0.15, 0.2) is 18.2 Å². The van der Waals surface area contributed by atoms with E-state index in [9.17, 15) is 18.0 Å². The van der Waals surface area contributed by atoms with Gasteiger partial charge in [0.05, 0.1) is 17.1 Å². The molecule has 0 aromatic heterocycles. The first-order chi connectivity index (χ1) is 10.6. The maximum atomic E-state index is 12.8. The van der Waals surface area contributed by atoms with E-state index in [2.05, 4.69) is 12.2 Å². The van der Waals surface area contributed by atoms with Gasteiger partial charge in [0.15, 0.2) is 0 Å². The maximum Gasteiger partial charge on any atom is 0.417 e. The van der Waals surface area contributed by atoms with E-state index in [1.165, 1.54) is 6.07 Å². The molecular weight excluding hydrogens is 331 g/mol. The lowest BCUT2D eigenvalue weighted by Crippen LogP contribution is -2.35. The molecule has 1 aromatic rings. The molecule has 2 rings (SSSR count). The van der Waals surface area contributed by atoms with E-state index >= 15 is 0 Å². The highest BCUT2D eigenvalue weighted by atomic mass is 35.5. The predicted molar refractivity (Wildman–Crippen MR) is 83.3 cm³/mol. The Morgan fingerprint density at radius 2 is 2.17 bits per heavy atom. The largest absolute Gasteiger partial charge is 0.417 e. The van der Waals surface area contributed by atoms with E-state index in [1.807, 2.05) is 4.90 Å². The van der Waals surface area contributed by atoms with E-state index in [4.69, 9.17) is 17.3 Å². The zero-order chi connectivity index (χ0) is 17.3. The topological polar surface area (TPSA) is 58.4 Å². The number of carbonyl (C=O) groups is 1. The Balaban J connectivity index is 1.99. The second kappa shape index (κ2) is 6.67. The number of anilines is 1. The number of rotatable bonds is 4. The predicted octanol–water partition coefficient (Wildman–Crippen LogP) is 2.97. The molecule has 0 radical (unpaired) electrons. The number of nitrogens with one attached hydrogen (secondary N) is 1. The molecular formula is C15H19ClF3N3O. The van der Waals surface area contributed by atoms with Crippen LogP contribution in [0.2, 0.25) is 5.02 Å². The third-order valence-corrected chi connectivity index (χ3v) is 4.38. The number of nitrogens with two attached hydrogens (primary N) is 1. The molecule has 1 aliphatic rings. The summed E-state index contributed by atoms with van der Waals surface area (Å²) < 4.78 is 38.4. The zero-order valence-corrected chi connectivity index (χ0v) is 13.5. The Labute approximate surface area is 137 Å². The lowest BCUT2D eigenvalue weighted by molar-refractivity contribution is -0.137. The minimum absolute atomic E-state index is 0.00991. The van der Waals surface area contributed by atoms with Crippen LogP contribution in [-0.4, -0.2) is 37.0 Å². The third-order valence-electron chi connectivity index (χ3n) is 4.05. The monoisotopic (exact) mass is 349 g/mol. The molecule has 0 aliphatic carbocycles. The van der Waals surface area contributed by atoms with Gasteiger partial charge < -0.3 is 11.1 Å². The Kier molecular flexibility index (Phi) is 5.23. The summed E-state index contributed by atoms with van der Waals surface area (Å²) in [6.45, 7) is 4.16. The Hall–Kier alpha value is -1.31. The third kappa shape index (κ3) is 4.59. The van der Waals surface area contributed by atoms with E-state index in [-0.39, 0.29) is 23.6 Å². The minimum Gasteiger partial charge on any atom is -0.330 e. The van der Waals surface area contributed by atoms with Crippen LogP contribution in [0.1, 0.15) is 18.9 Å². The maximum absolute atomic E-state index is 12.8. The summed E-state index contributed by atoms with van der Waals surface area (Å²) in [7, 11) is 0. The van der Waals surface area contributed by atoms with Crippen LogP contribution < -0.4 is 11.1 Å². The number of benzene rings is 1. The summed E-state index contributed by atoms with van der Waals surface area (Å²) in [6.07, 6.45) is -3.66. The van der Waals surface area contributed by atoms with Crippen molar-refractivity contribution < 1.29 is 18.0 Å². The molecule has 1 aromatic carbocycles. The molecule has 1 atom stereocenters. The number of hydrogen-bond acceptors (Lipinski definition) is 3. The molecule has 1 amide bonds. The lowest BCUT2D eigenvalue weighted by Gasteiger charge is -2.22. The number of nitrogens with zero attached hydrogens (tertiary/aromatic N) is 1. The van der Waals surface area contributed by atoms with Gasteiger partial charge in [-0.1, -0.05) is 18.5 Å². The van der Waals surface area contributed by atoms with Crippen molar-refractivity contribution in [3.63, 3.8) is 0 Å². The van der Waals surface area contributed by atoms with Crippen LogP contribution in [0.3, 0.4) is 0 Å². The van der Waals surface area contributed by atoms with Crippen molar-refractivity contribution in [2.45, 2.75) is 19.5 Å². The highest BCUT2D eigenvalue weighted by molar-refractivity contribution is 6.31. The molecule has 1 aliphatic heterocycles. The van der Waals surface area contributed by atoms with Crippen molar-refractivity contribution >= 4 is 23.2 Å². The molecule has 0 bridgehead atoms. The van der Waals surface area contributed by atoms with Crippen molar-refractivity contribution in [3.05, 3.63) is 28.8 Å². The van der Waals surface area contributed by atoms with Gasteiger partial charge in [0.2, 0.25) is 5.91 Å². The Morgan fingerprint density at radius 3 is 2.74 bits per heavy atom. The van der Waals surface area contributed by atoms with Crippen LogP contribution in [-0.2, 0) is 11.0 Å². The summed E-state index contributed by atoms with van der Waals surface area (Å²) in [5.41, 5.74) is 4.81. The Morgan fingerprint density at radius 1 is 1.48 bits per heavy atom. The van der Waals surface area contributed by atoms with E-state index < -0.39 is 16.8 Å². The summed E-state index contributed by atoms with van der Waals surface area (Å²) in [5.74, 6) is -0.360. The molecule has 1 heterocycles. The summed E-state index contributed by atoms with van der Waals surface area (Å²) >= 11 is 5.55. The van der Waals surface area contributed by atoms with Gasteiger partial charge in [-0.15, -0.1) is 0 Å². The molecule has 23 heavy (non-hydrogen) atoms. The van der Waals surface area contributed by atoms with Crippen LogP contribution in [0, 0.1) is 5.41 Å². The fourth-order valence-corrected chi connectivity index (χ4v) is 2.88. The zero-order valence-electron chi connectivity index (χ0n) is 12.7. The van der Waals surface area contributed by atoms with Crippen molar-refractivity contribution in [2.24, 2.45) is 11.1 Å². The van der Waals surface area contributed by atoms with Crippen molar-refractivity contribution in [3.8, 4) is 0 Å². The molecule has 1 saturated heterocycles. The average molecular weight is 350 g/mol. The lowest BCUT2D eigenvalue weighted by atomic mass is 9.90. The Bertz CT molecular complexity index is 594. The molecule has 0 spiro atoms. The van der Waals surface area contributed by atoms with Crippen molar-refractivity contribution in [1.29, 1.82) is 0 Å². The second-order valence-corrected chi connectivity index (χ2v) is 6.62. The summed E-state index contributed by atoms with van der Waals surface area (Å²) in [6, 6.07) is 3.32. The van der Waals surface area contributed by atoms with Gasteiger partial charge in [0.1, 0.15) is 0 Å². The average Bonchev–Trinajstić information content (AvgIpc) is 2.82. The molecule has 8 heteroatoms. The molecule has 1 unspecified atom stereocenters. The van der Waals surface area contributed by atoms with Gasteiger partial charge in [-0.05, 0) is 43.1 Å². The highest BCUT2D eigenvalue weighted by Crippen LogP contribution is 2.36. The summed E-state index contributed by atoms with van der Waals surface area (Å²) in [5, 5.41) is 2.09. The van der Waals surface area contributed by atoms with Gasteiger partial charge in [0, 0.05) is 12.2 Å². The second-order valence-electron chi connectivity index (χ2n) is 6.22. The standard InChI is InChI=1S/C15H19ClF3N3O/c1-14(8-20)4-5-22(9-14)7-13(23)21-10-2-3-12(16)11(6-10)15(17,18)19/h2-3,6H,4-5,7-9,20H2,1H3,(H,21,23). The first kappa shape index (κ1) is 18.0. The number of hydrogen-bond donors (Lipinski definition) is 2. The quantitative estimate of drug-likeness (QED) is 0.878. The first-order valence-corrected chi connectivity index (χ1v) is 7.60. The summed E-state index contributed by atoms with van der Waals surface area (Å²) in [4.78, 5) is 14.0. The van der Waals surface area contributed by atoms with E-state index in [0.717, 1.165) is 25.1 Å². The molecule has 4 nitrogen and oxygen atoms in total. The molecule has 0 saturated carbocycles. The van der Waals surface area contributed by atoms with Gasteiger partial charge in [0.25, 0.3) is 0 Å². The smallest absolute Gasteiger partial charge is 0.330 e. The van der Waals surface area contributed by atoms with Gasteiger partial charge >= 0.3 is 6.18 Å². The van der Waals surface area contributed by atoms with Gasteiger partial charge in [-0.3, -0.25) is 9.69 Å². The number of amides is 1. The van der Waals surface area contributed by atoms with Crippen molar-refractivity contribution in [1.82, 2.24) is 4.90 Å². The van der Waals surface area contributed by atoms with E-state index in [1.54, 1.807) is 0 Å². The normalized spacial score (nSPS) is 22.3. The highest BCUT2D eigenvalue weighted by Gasteiger charge is 2.34. The molecule has 1 fully saturated rings. The number of carbonyl (C=O) groups excluding carboxylic acids is 1. The van der Waals surface area contributed by atoms with Gasteiger partial charge in [-0.2, -0.15) is 13.2 Å².